The van der Waals surface area contributed by atoms with Gasteiger partial charge in [0.1, 0.15) is 4.88 Å². The molecule has 3 nitrogen and oxygen atoms in total. The van der Waals surface area contributed by atoms with Gasteiger partial charge in [-0.1, -0.05) is 5.92 Å². The van der Waals surface area contributed by atoms with Crippen molar-refractivity contribution in [2.45, 2.75) is 0 Å². The monoisotopic (exact) mass is 152 g/mol. The van der Waals surface area contributed by atoms with Crippen LogP contribution in [-0.4, -0.2) is 10.3 Å². The van der Waals surface area contributed by atoms with Gasteiger partial charge in [-0.2, -0.15) is 4.37 Å². The number of primary amides is 1. The smallest absolute Gasteiger partial charge is 0.261 e. The summed E-state index contributed by atoms with van der Waals surface area (Å²) in [5.74, 6) is 1.79. The Labute approximate surface area is 62.0 Å². The molecule has 0 saturated carbocycles. The number of hydrogen-bond acceptors (Lipinski definition) is 3. The maximum absolute atomic E-state index is 10.5. The normalized spacial score (nSPS) is 8.70. The standard InChI is InChI=1S/C6H4N2OS/c1-2-4-3-8-10-5(4)6(7)9/h1,3H,(H2,7,9). The van der Waals surface area contributed by atoms with Crippen LogP contribution in [0.25, 0.3) is 0 Å². The molecule has 0 unspecified atom stereocenters. The highest BCUT2D eigenvalue weighted by Gasteiger charge is 2.07. The number of nitrogens with two attached hydrogens (primary N) is 1. The Balaban J connectivity index is 3.17. The zero-order valence-electron chi connectivity index (χ0n) is 5.00. The molecule has 0 saturated heterocycles. The van der Waals surface area contributed by atoms with E-state index in [4.69, 9.17) is 12.2 Å². The average Bonchev–Trinajstić information content (AvgIpc) is 2.33. The summed E-state index contributed by atoms with van der Waals surface area (Å²) in [4.78, 5) is 10.9. The number of rotatable bonds is 1. The van der Waals surface area contributed by atoms with Crippen molar-refractivity contribution in [3.63, 3.8) is 0 Å². The predicted octanol–water partition coefficient (Wildman–Crippen LogP) is 0.223. The Kier molecular flexibility index (Phi) is 1.69. The first-order valence-corrected chi connectivity index (χ1v) is 3.24. The van der Waals surface area contributed by atoms with Crippen LogP contribution in [0, 0.1) is 12.3 Å². The zero-order chi connectivity index (χ0) is 7.56. The highest BCUT2D eigenvalue weighted by atomic mass is 32.1. The maximum atomic E-state index is 10.5. The fourth-order valence-corrected chi connectivity index (χ4v) is 1.08. The van der Waals surface area contributed by atoms with Crippen molar-refractivity contribution in [2.75, 3.05) is 0 Å². The summed E-state index contributed by atoms with van der Waals surface area (Å²) in [5.41, 5.74) is 5.44. The third-order valence-electron chi connectivity index (χ3n) is 0.950. The molecule has 1 aromatic rings. The van der Waals surface area contributed by atoms with E-state index in [1.807, 2.05) is 0 Å². The summed E-state index contributed by atoms with van der Waals surface area (Å²) < 4.78 is 3.71. The minimum atomic E-state index is -0.518. The largest absolute Gasteiger partial charge is 0.365 e. The Morgan fingerprint density at radius 3 is 3.00 bits per heavy atom. The van der Waals surface area contributed by atoms with Gasteiger partial charge in [-0.05, 0) is 11.5 Å². The molecule has 0 aliphatic carbocycles. The van der Waals surface area contributed by atoms with Crippen LogP contribution in [0.15, 0.2) is 6.20 Å². The summed E-state index contributed by atoms with van der Waals surface area (Å²) in [6.45, 7) is 0. The SMILES string of the molecule is C#Cc1cnsc1C(N)=O. The van der Waals surface area contributed by atoms with Crippen LogP contribution in [0.5, 0.6) is 0 Å². The van der Waals surface area contributed by atoms with Gasteiger partial charge >= 0.3 is 0 Å². The molecule has 0 spiro atoms. The molecule has 1 heterocycles. The first kappa shape index (κ1) is 6.78. The lowest BCUT2D eigenvalue weighted by Crippen LogP contribution is -2.09. The fraction of sp³-hybridized carbons (Fsp3) is 0. The number of aromatic nitrogens is 1. The van der Waals surface area contributed by atoms with Crippen LogP contribution in [-0.2, 0) is 0 Å². The van der Waals surface area contributed by atoms with E-state index in [2.05, 4.69) is 10.3 Å². The lowest BCUT2D eigenvalue weighted by atomic mass is 10.3. The average molecular weight is 152 g/mol. The van der Waals surface area contributed by atoms with Gasteiger partial charge in [0.25, 0.3) is 5.91 Å². The van der Waals surface area contributed by atoms with Gasteiger partial charge in [-0.15, -0.1) is 6.42 Å². The Morgan fingerprint density at radius 2 is 2.60 bits per heavy atom. The van der Waals surface area contributed by atoms with E-state index >= 15 is 0 Å². The second kappa shape index (κ2) is 2.50. The topological polar surface area (TPSA) is 56.0 Å². The van der Waals surface area contributed by atoms with Gasteiger partial charge < -0.3 is 5.73 Å². The molecular weight excluding hydrogens is 148 g/mol. The Morgan fingerprint density at radius 1 is 1.90 bits per heavy atom. The molecule has 0 aromatic carbocycles. The van der Waals surface area contributed by atoms with E-state index in [-0.39, 0.29) is 0 Å². The summed E-state index contributed by atoms with van der Waals surface area (Å²) in [7, 11) is 0. The van der Waals surface area contributed by atoms with E-state index in [1.54, 1.807) is 0 Å². The highest BCUT2D eigenvalue weighted by molar-refractivity contribution is 7.08. The number of hydrogen-bond donors (Lipinski definition) is 1. The van der Waals surface area contributed by atoms with Crippen LogP contribution in [0.4, 0.5) is 0 Å². The lowest BCUT2D eigenvalue weighted by molar-refractivity contribution is 0.100. The molecule has 0 fully saturated rings. The summed E-state index contributed by atoms with van der Waals surface area (Å²) in [6, 6.07) is 0. The molecular formula is C6H4N2OS. The van der Waals surface area contributed by atoms with Gasteiger partial charge in [-0.25, -0.2) is 0 Å². The minimum absolute atomic E-state index is 0.350. The quantitative estimate of drug-likeness (QED) is 0.585. The van der Waals surface area contributed by atoms with Crippen LogP contribution >= 0.6 is 11.5 Å². The van der Waals surface area contributed by atoms with Gasteiger partial charge in [0.2, 0.25) is 0 Å². The summed E-state index contributed by atoms with van der Waals surface area (Å²) in [6.07, 6.45) is 6.49. The molecule has 0 radical (unpaired) electrons. The fourth-order valence-electron chi connectivity index (χ4n) is 0.520. The van der Waals surface area contributed by atoms with E-state index < -0.39 is 5.91 Å². The predicted molar refractivity (Wildman–Crippen MR) is 38.6 cm³/mol. The summed E-state index contributed by atoms with van der Waals surface area (Å²) >= 11 is 1.02. The molecule has 1 rings (SSSR count). The second-order valence-electron chi connectivity index (χ2n) is 1.58. The van der Waals surface area contributed by atoms with E-state index in [0.717, 1.165) is 11.5 Å². The van der Waals surface area contributed by atoms with Gasteiger partial charge in [-0.3, -0.25) is 4.79 Å². The maximum Gasteiger partial charge on any atom is 0.261 e. The Hall–Kier alpha value is -1.34. The van der Waals surface area contributed by atoms with Crippen LogP contribution in [0.1, 0.15) is 15.2 Å². The molecule has 4 heteroatoms. The minimum Gasteiger partial charge on any atom is -0.365 e. The van der Waals surface area contributed by atoms with Gasteiger partial charge in [0, 0.05) is 0 Å². The molecule has 50 valence electrons. The van der Waals surface area contributed by atoms with Gasteiger partial charge in [0.05, 0.1) is 11.8 Å². The third kappa shape index (κ3) is 0.993. The Bertz CT molecular complexity index is 297. The second-order valence-corrected chi connectivity index (χ2v) is 2.38. The first-order valence-electron chi connectivity index (χ1n) is 2.47. The molecule has 1 aromatic heterocycles. The molecule has 0 bridgehead atoms. The number of terminal acetylenes is 1. The van der Waals surface area contributed by atoms with E-state index in [0.29, 0.717) is 10.4 Å². The number of amides is 1. The molecule has 0 aliphatic rings. The van der Waals surface area contributed by atoms with Crippen molar-refractivity contribution in [1.29, 1.82) is 0 Å². The summed E-state index contributed by atoms with van der Waals surface area (Å²) in [5, 5.41) is 0. The van der Waals surface area contributed by atoms with Crippen molar-refractivity contribution in [3.8, 4) is 12.3 Å². The van der Waals surface area contributed by atoms with Crippen molar-refractivity contribution in [3.05, 3.63) is 16.6 Å². The van der Waals surface area contributed by atoms with E-state index in [9.17, 15) is 4.79 Å². The number of carbonyl (C=O) groups is 1. The molecule has 10 heavy (non-hydrogen) atoms. The van der Waals surface area contributed by atoms with Crippen LogP contribution in [0.3, 0.4) is 0 Å². The number of carbonyl (C=O) groups excluding carboxylic acids is 1. The van der Waals surface area contributed by atoms with Crippen molar-refractivity contribution in [1.82, 2.24) is 4.37 Å². The lowest BCUT2D eigenvalue weighted by Gasteiger charge is -1.85. The van der Waals surface area contributed by atoms with Crippen molar-refractivity contribution < 1.29 is 4.79 Å². The third-order valence-corrected chi connectivity index (χ3v) is 1.76. The molecule has 0 aliphatic heterocycles. The van der Waals surface area contributed by atoms with E-state index in [1.165, 1.54) is 6.20 Å². The molecule has 0 atom stereocenters. The van der Waals surface area contributed by atoms with Crippen molar-refractivity contribution >= 4 is 17.4 Å². The number of nitrogens with zero attached hydrogens (tertiary/aromatic N) is 1. The first-order chi connectivity index (χ1) is 4.75. The molecule has 2 N–H and O–H groups in total. The van der Waals surface area contributed by atoms with Crippen LogP contribution < -0.4 is 5.73 Å². The van der Waals surface area contributed by atoms with Crippen LogP contribution in [0.2, 0.25) is 0 Å². The van der Waals surface area contributed by atoms with Crippen molar-refractivity contribution in [2.24, 2.45) is 5.73 Å². The van der Waals surface area contributed by atoms with Gasteiger partial charge in [0.15, 0.2) is 0 Å². The molecule has 1 amide bonds. The highest BCUT2D eigenvalue weighted by Crippen LogP contribution is 2.10. The zero-order valence-corrected chi connectivity index (χ0v) is 5.81.